The van der Waals surface area contributed by atoms with Crippen molar-refractivity contribution in [1.82, 2.24) is 10.2 Å². The predicted octanol–water partition coefficient (Wildman–Crippen LogP) is 5.22. The Bertz CT molecular complexity index is 1350. The van der Waals surface area contributed by atoms with E-state index >= 15 is 0 Å². The lowest BCUT2D eigenvalue weighted by molar-refractivity contribution is -0.138. The molecule has 2 amide bonds. The number of carbonyl (C=O) groups excluding carboxylic acids is 2. The molecule has 208 valence electrons. The maximum Gasteiger partial charge on any atom is 0.264 e. The maximum atomic E-state index is 13.9. The van der Waals surface area contributed by atoms with Gasteiger partial charge in [0.05, 0.1) is 10.6 Å². The van der Waals surface area contributed by atoms with Crippen LogP contribution in [0.1, 0.15) is 37.8 Å². The standard InChI is InChI=1S/C30H36ClN3O4S/c1-4-5-19-32-30(36)24(3)33(20-18-25-12-8-6-9-13-25)29(35)22-34(28-21-26(31)17-16-23(28)2)39(37,38)27-14-10-7-11-15-27/h6-17,21,24H,4-5,18-20,22H2,1-3H3,(H,32,36). The molecule has 1 unspecified atom stereocenters. The number of aryl methyl sites for hydroxylation is 1. The highest BCUT2D eigenvalue weighted by Crippen LogP contribution is 2.29. The summed E-state index contributed by atoms with van der Waals surface area (Å²) in [4.78, 5) is 28.4. The van der Waals surface area contributed by atoms with E-state index in [9.17, 15) is 18.0 Å². The minimum absolute atomic E-state index is 0.0540. The molecule has 1 N–H and O–H groups in total. The molecule has 3 rings (SSSR count). The Morgan fingerprint density at radius 1 is 0.974 bits per heavy atom. The van der Waals surface area contributed by atoms with E-state index in [0.29, 0.717) is 29.2 Å². The Morgan fingerprint density at radius 2 is 1.62 bits per heavy atom. The Balaban J connectivity index is 1.97. The van der Waals surface area contributed by atoms with E-state index in [1.807, 2.05) is 37.3 Å². The summed E-state index contributed by atoms with van der Waals surface area (Å²) in [5, 5.41) is 3.24. The lowest BCUT2D eigenvalue weighted by Gasteiger charge is -2.32. The molecule has 0 heterocycles. The van der Waals surface area contributed by atoms with Gasteiger partial charge in [0.2, 0.25) is 11.8 Å². The van der Waals surface area contributed by atoms with Gasteiger partial charge in [0, 0.05) is 18.1 Å². The van der Waals surface area contributed by atoms with Crippen molar-refractivity contribution in [3.05, 3.63) is 95.0 Å². The van der Waals surface area contributed by atoms with Gasteiger partial charge in [-0.15, -0.1) is 0 Å². The van der Waals surface area contributed by atoms with Crippen LogP contribution in [0.3, 0.4) is 0 Å². The molecule has 7 nitrogen and oxygen atoms in total. The van der Waals surface area contributed by atoms with Crippen LogP contribution < -0.4 is 9.62 Å². The van der Waals surface area contributed by atoms with Gasteiger partial charge in [0.25, 0.3) is 10.0 Å². The molecule has 0 radical (unpaired) electrons. The second-order valence-corrected chi connectivity index (χ2v) is 11.7. The Hall–Kier alpha value is -3.36. The largest absolute Gasteiger partial charge is 0.354 e. The first-order valence-corrected chi connectivity index (χ1v) is 14.9. The number of benzene rings is 3. The molecule has 0 aliphatic carbocycles. The first kappa shape index (κ1) is 30.2. The summed E-state index contributed by atoms with van der Waals surface area (Å²) < 4.78 is 28.8. The Morgan fingerprint density at radius 3 is 2.26 bits per heavy atom. The van der Waals surface area contributed by atoms with E-state index in [2.05, 4.69) is 5.32 Å². The normalized spacial score (nSPS) is 12.0. The van der Waals surface area contributed by atoms with E-state index in [0.717, 1.165) is 22.7 Å². The summed E-state index contributed by atoms with van der Waals surface area (Å²) in [6.07, 6.45) is 2.27. The molecule has 0 aromatic heterocycles. The molecular weight excluding hydrogens is 534 g/mol. The summed E-state index contributed by atoms with van der Waals surface area (Å²) in [6, 6.07) is 21.8. The number of nitrogens with one attached hydrogen (secondary N) is 1. The van der Waals surface area contributed by atoms with E-state index in [1.54, 1.807) is 50.2 Å². The molecule has 3 aromatic carbocycles. The zero-order valence-electron chi connectivity index (χ0n) is 22.6. The van der Waals surface area contributed by atoms with Crippen LogP contribution in [0.4, 0.5) is 5.69 Å². The summed E-state index contributed by atoms with van der Waals surface area (Å²) in [6.45, 7) is 5.74. The molecule has 3 aromatic rings. The van der Waals surface area contributed by atoms with E-state index < -0.39 is 28.5 Å². The fourth-order valence-corrected chi connectivity index (χ4v) is 5.85. The number of carbonyl (C=O) groups is 2. The number of halogens is 1. The van der Waals surface area contributed by atoms with Crippen LogP contribution in [0.2, 0.25) is 5.02 Å². The summed E-state index contributed by atoms with van der Waals surface area (Å²) in [5.41, 5.74) is 1.96. The van der Waals surface area contributed by atoms with Gasteiger partial charge in [0.1, 0.15) is 12.6 Å². The zero-order valence-corrected chi connectivity index (χ0v) is 24.2. The van der Waals surface area contributed by atoms with Gasteiger partial charge < -0.3 is 10.2 Å². The second kappa shape index (κ2) is 14.1. The molecule has 0 saturated heterocycles. The highest BCUT2D eigenvalue weighted by molar-refractivity contribution is 7.92. The maximum absolute atomic E-state index is 13.9. The summed E-state index contributed by atoms with van der Waals surface area (Å²) in [7, 11) is -4.13. The SMILES string of the molecule is CCCCNC(=O)C(C)N(CCc1ccccc1)C(=O)CN(c1cc(Cl)ccc1C)S(=O)(=O)c1ccccc1. The first-order valence-electron chi connectivity index (χ1n) is 13.1. The minimum Gasteiger partial charge on any atom is -0.354 e. The summed E-state index contributed by atoms with van der Waals surface area (Å²) in [5.74, 6) is -0.760. The Kier molecular flexibility index (Phi) is 10.9. The lowest BCUT2D eigenvalue weighted by Crippen LogP contribution is -2.52. The number of unbranched alkanes of at least 4 members (excludes halogenated alkanes) is 1. The van der Waals surface area contributed by atoms with Gasteiger partial charge in [-0.3, -0.25) is 13.9 Å². The third-order valence-corrected chi connectivity index (χ3v) is 8.54. The highest BCUT2D eigenvalue weighted by Gasteiger charge is 2.33. The monoisotopic (exact) mass is 569 g/mol. The number of hydrogen-bond acceptors (Lipinski definition) is 4. The van der Waals surface area contributed by atoms with Gasteiger partial charge in [-0.1, -0.05) is 79.5 Å². The topological polar surface area (TPSA) is 86.8 Å². The fourth-order valence-electron chi connectivity index (χ4n) is 4.19. The van der Waals surface area contributed by atoms with Crippen LogP contribution in [-0.4, -0.2) is 50.8 Å². The van der Waals surface area contributed by atoms with Crippen LogP contribution >= 0.6 is 11.6 Å². The van der Waals surface area contributed by atoms with Gasteiger partial charge >= 0.3 is 0 Å². The molecule has 0 saturated carbocycles. The Labute approximate surface area is 236 Å². The third kappa shape index (κ3) is 8.07. The van der Waals surface area contributed by atoms with Crippen molar-refractivity contribution in [2.45, 2.75) is 51.0 Å². The number of hydrogen-bond donors (Lipinski definition) is 1. The molecule has 0 aliphatic rings. The first-order chi connectivity index (χ1) is 18.6. The third-order valence-electron chi connectivity index (χ3n) is 6.53. The molecule has 0 aliphatic heterocycles. The molecular formula is C30H36ClN3O4S. The van der Waals surface area contributed by atoms with Gasteiger partial charge in [0.15, 0.2) is 0 Å². The van der Waals surface area contributed by atoms with Crippen LogP contribution in [0.25, 0.3) is 0 Å². The van der Waals surface area contributed by atoms with Gasteiger partial charge in [-0.25, -0.2) is 8.42 Å². The van der Waals surface area contributed by atoms with Crippen molar-refractivity contribution in [2.75, 3.05) is 23.9 Å². The van der Waals surface area contributed by atoms with Gasteiger partial charge in [-0.05, 0) is 62.1 Å². The van der Waals surface area contributed by atoms with E-state index in [-0.39, 0.29) is 17.3 Å². The highest BCUT2D eigenvalue weighted by atomic mass is 35.5. The van der Waals surface area contributed by atoms with Crippen LogP contribution in [0.15, 0.2) is 83.8 Å². The van der Waals surface area contributed by atoms with Gasteiger partial charge in [-0.2, -0.15) is 0 Å². The molecule has 0 spiro atoms. The average molecular weight is 570 g/mol. The molecule has 9 heteroatoms. The van der Waals surface area contributed by atoms with Crippen LogP contribution in [0, 0.1) is 6.92 Å². The predicted molar refractivity (Wildman–Crippen MR) is 156 cm³/mol. The van der Waals surface area contributed by atoms with Crippen molar-refractivity contribution in [2.24, 2.45) is 0 Å². The number of anilines is 1. The molecule has 0 bridgehead atoms. The van der Waals surface area contributed by atoms with E-state index in [4.69, 9.17) is 11.6 Å². The van der Waals surface area contributed by atoms with Crippen LogP contribution in [-0.2, 0) is 26.0 Å². The zero-order chi connectivity index (χ0) is 28.4. The number of sulfonamides is 1. The minimum atomic E-state index is -4.13. The fraction of sp³-hybridized carbons (Fsp3) is 0.333. The summed E-state index contributed by atoms with van der Waals surface area (Å²) >= 11 is 6.26. The van der Waals surface area contributed by atoms with Crippen molar-refractivity contribution >= 4 is 39.1 Å². The van der Waals surface area contributed by atoms with Crippen molar-refractivity contribution in [1.29, 1.82) is 0 Å². The molecule has 39 heavy (non-hydrogen) atoms. The molecule has 1 atom stereocenters. The van der Waals surface area contributed by atoms with Crippen molar-refractivity contribution in [3.63, 3.8) is 0 Å². The number of amides is 2. The smallest absolute Gasteiger partial charge is 0.264 e. The average Bonchev–Trinajstić information content (AvgIpc) is 2.94. The lowest BCUT2D eigenvalue weighted by atomic mass is 10.1. The second-order valence-electron chi connectivity index (χ2n) is 9.40. The van der Waals surface area contributed by atoms with E-state index in [1.165, 1.54) is 17.0 Å². The van der Waals surface area contributed by atoms with Crippen molar-refractivity contribution in [3.8, 4) is 0 Å². The quantitative estimate of drug-likeness (QED) is 0.286. The van der Waals surface area contributed by atoms with Crippen LogP contribution in [0.5, 0.6) is 0 Å². The molecule has 0 fully saturated rings. The number of nitrogens with zero attached hydrogens (tertiary/aromatic N) is 2. The van der Waals surface area contributed by atoms with Crippen molar-refractivity contribution < 1.29 is 18.0 Å². The number of rotatable bonds is 13.